The second kappa shape index (κ2) is 7.61. The van der Waals surface area contributed by atoms with Crippen LogP contribution in [0.3, 0.4) is 0 Å². The molecule has 2 rings (SSSR count). The Balaban J connectivity index is 1.83. The molecule has 19 heavy (non-hydrogen) atoms. The largest absolute Gasteiger partial charge is 0.384 e. The van der Waals surface area contributed by atoms with Crippen molar-refractivity contribution in [3.8, 4) is 0 Å². The second-order valence-electron chi connectivity index (χ2n) is 4.24. The van der Waals surface area contributed by atoms with E-state index in [9.17, 15) is 0 Å². The lowest BCUT2D eigenvalue weighted by Gasteiger charge is -2.11. The topological polar surface area (TPSA) is 12.0 Å². The van der Waals surface area contributed by atoms with E-state index >= 15 is 0 Å². The third-order valence-electron chi connectivity index (χ3n) is 2.88. The molecule has 2 aromatic rings. The average molecular weight is 336 g/mol. The van der Waals surface area contributed by atoms with E-state index in [0.29, 0.717) is 0 Å². The number of hydrogen-bond acceptors (Lipinski definition) is 2. The van der Waals surface area contributed by atoms with Crippen molar-refractivity contribution in [3.63, 3.8) is 0 Å². The first-order valence-corrected chi connectivity index (χ1v) is 8.27. The predicted octanol–water partition coefficient (Wildman–Crippen LogP) is 5.22. The number of hydrogen-bond donors (Lipinski definition) is 1. The summed E-state index contributed by atoms with van der Waals surface area (Å²) in [5, 5.41) is 3.52. The van der Waals surface area contributed by atoms with Gasteiger partial charge in [0.25, 0.3) is 0 Å². The minimum atomic E-state index is 0.980. The van der Waals surface area contributed by atoms with Crippen molar-refractivity contribution in [3.05, 3.63) is 58.6 Å². The molecule has 0 saturated heterocycles. The highest BCUT2D eigenvalue weighted by Gasteiger charge is 2.01. The quantitative estimate of drug-likeness (QED) is 0.574. The summed E-state index contributed by atoms with van der Waals surface area (Å²) in [5.74, 6) is 1.07. The minimum absolute atomic E-state index is 0.980. The maximum Gasteiger partial charge on any atom is 0.0373 e. The highest BCUT2D eigenvalue weighted by Crippen LogP contribution is 2.22. The van der Waals surface area contributed by atoms with Gasteiger partial charge < -0.3 is 5.32 Å². The summed E-state index contributed by atoms with van der Waals surface area (Å²) in [5.41, 5.74) is 2.61. The number of anilines is 1. The number of rotatable bonds is 6. The van der Waals surface area contributed by atoms with Crippen molar-refractivity contribution in [2.24, 2.45) is 0 Å². The van der Waals surface area contributed by atoms with Crippen molar-refractivity contribution in [2.45, 2.75) is 18.2 Å². The molecule has 0 aromatic heterocycles. The molecule has 1 nitrogen and oxygen atoms in total. The third kappa shape index (κ3) is 4.59. The SMILES string of the molecule is CCc1cc(Br)ccc1NCCSc1ccccc1. The molecule has 0 aliphatic carbocycles. The summed E-state index contributed by atoms with van der Waals surface area (Å²) in [6.07, 6.45) is 1.05. The van der Waals surface area contributed by atoms with E-state index in [0.717, 1.165) is 23.2 Å². The van der Waals surface area contributed by atoms with Crippen molar-refractivity contribution in [1.82, 2.24) is 0 Å². The Morgan fingerprint density at radius 1 is 1.11 bits per heavy atom. The van der Waals surface area contributed by atoms with Crippen LogP contribution in [0.2, 0.25) is 0 Å². The van der Waals surface area contributed by atoms with Crippen molar-refractivity contribution >= 4 is 33.4 Å². The normalized spacial score (nSPS) is 10.4. The van der Waals surface area contributed by atoms with E-state index in [2.05, 4.69) is 76.7 Å². The van der Waals surface area contributed by atoms with Crippen LogP contribution in [0.1, 0.15) is 12.5 Å². The fourth-order valence-electron chi connectivity index (χ4n) is 1.90. The van der Waals surface area contributed by atoms with Gasteiger partial charge in [-0.1, -0.05) is 41.1 Å². The molecule has 0 atom stereocenters. The molecule has 0 heterocycles. The fourth-order valence-corrected chi connectivity index (χ4v) is 3.10. The van der Waals surface area contributed by atoms with Gasteiger partial charge in [0.2, 0.25) is 0 Å². The summed E-state index contributed by atoms with van der Waals surface area (Å²) in [4.78, 5) is 1.33. The number of benzene rings is 2. The zero-order valence-corrected chi connectivity index (χ0v) is 13.4. The highest BCUT2D eigenvalue weighted by molar-refractivity contribution is 9.10. The van der Waals surface area contributed by atoms with E-state index in [4.69, 9.17) is 0 Å². The zero-order valence-electron chi connectivity index (χ0n) is 11.0. The van der Waals surface area contributed by atoms with Gasteiger partial charge in [-0.2, -0.15) is 0 Å². The lowest BCUT2D eigenvalue weighted by Crippen LogP contribution is -2.06. The van der Waals surface area contributed by atoms with Gasteiger partial charge in [-0.25, -0.2) is 0 Å². The van der Waals surface area contributed by atoms with Crippen LogP contribution in [0.4, 0.5) is 5.69 Å². The van der Waals surface area contributed by atoms with Gasteiger partial charge in [-0.05, 0) is 42.3 Å². The van der Waals surface area contributed by atoms with Gasteiger partial charge in [-0.15, -0.1) is 11.8 Å². The highest BCUT2D eigenvalue weighted by atomic mass is 79.9. The third-order valence-corrected chi connectivity index (χ3v) is 4.38. The molecule has 0 fully saturated rings. The van der Waals surface area contributed by atoms with E-state index in [1.54, 1.807) is 0 Å². The van der Waals surface area contributed by atoms with Gasteiger partial charge in [0, 0.05) is 27.4 Å². The Labute approximate surface area is 127 Å². The molecule has 1 N–H and O–H groups in total. The fraction of sp³-hybridized carbons (Fsp3) is 0.250. The molecule has 100 valence electrons. The Bertz CT molecular complexity index is 513. The standard InChI is InChI=1S/C16H18BrNS/c1-2-13-12-14(17)8-9-16(13)18-10-11-19-15-6-4-3-5-7-15/h3-9,12,18H,2,10-11H2,1H3. The first kappa shape index (κ1) is 14.5. The molecule has 0 saturated carbocycles. The molecule has 0 bridgehead atoms. The van der Waals surface area contributed by atoms with Crippen LogP contribution in [0.5, 0.6) is 0 Å². The van der Waals surface area contributed by atoms with E-state index in [1.807, 2.05) is 11.8 Å². The maximum atomic E-state index is 3.52. The van der Waals surface area contributed by atoms with Crippen molar-refractivity contribution in [2.75, 3.05) is 17.6 Å². The van der Waals surface area contributed by atoms with Crippen LogP contribution in [0.25, 0.3) is 0 Å². The monoisotopic (exact) mass is 335 g/mol. The van der Waals surface area contributed by atoms with E-state index in [1.165, 1.54) is 16.1 Å². The molecule has 2 aromatic carbocycles. The first-order valence-electron chi connectivity index (χ1n) is 6.49. The molecular formula is C16H18BrNS. The van der Waals surface area contributed by atoms with E-state index < -0.39 is 0 Å². The number of thioether (sulfide) groups is 1. The van der Waals surface area contributed by atoms with Crippen LogP contribution in [0, 0.1) is 0 Å². The predicted molar refractivity (Wildman–Crippen MR) is 89.2 cm³/mol. The van der Waals surface area contributed by atoms with Gasteiger partial charge in [0.1, 0.15) is 0 Å². The van der Waals surface area contributed by atoms with Crippen LogP contribution in [0.15, 0.2) is 57.9 Å². The number of aryl methyl sites for hydroxylation is 1. The molecule has 3 heteroatoms. The molecule has 0 amide bonds. The Morgan fingerprint density at radius 3 is 2.63 bits per heavy atom. The summed E-state index contributed by atoms with van der Waals surface area (Å²) >= 11 is 5.40. The lowest BCUT2D eigenvalue weighted by atomic mass is 10.1. The Hall–Kier alpha value is -0.930. The lowest BCUT2D eigenvalue weighted by molar-refractivity contribution is 1.11. The van der Waals surface area contributed by atoms with Crippen molar-refractivity contribution in [1.29, 1.82) is 0 Å². The molecule has 0 aliphatic heterocycles. The smallest absolute Gasteiger partial charge is 0.0373 e. The van der Waals surface area contributed by atoms with Gasteiger partial charge in [0.15, 0.2) is 0 Å². The van der Waals surface area contributed by atoms with Crippen LogP contribution < -0.4 is 5.32 Å². The maximum absolute atomic E-state index is 3.52. The molecule has 0 aliphatic rings. The molecular weight excluding hydrogens is 318 g/mol. The van der Waals surface area contributed by atoms with Gasteiger partial charge >= 0.3 is 0 Å². The second-order valence-corrected chi connectivity index (χ2v) is 6.33. The number of nitrogens with one attached hydrogen (secondary N) is 1. The molecule has 0 spiro atoms. The molecule has 0 unspecified atom stereocenters. The van der Waals surface area contributed by atoms with Gasteiger partial charge in [0.05, 0.1) is 0 Å². The summed E-state index contributed by atoms with van der Waals surface area (Å²) in [6.45, 7) is 3.17. The summed E-state index contributed by atoms with van der Waals surface area (Å²) in [6, 6.07) is 17.0. The first-order chi connectivity index (χ1) is 9.29. The Morgan fingerprint density at radius 2 is 1.89 bits per heavy atom. The zero-order chi connectivity index (χ0) is 13.5. The van der Waals surface area contributed by atoms with Crippen LogP contribution in [-0.4, -0.2) is 12.3 Å². The summed E-state index contributed by atoms with van der Waals surface area (Å²) in [7, 11) is 0. The van der Waals surface area contributed by atoms with Crippen LogP contribution in [-0.2, 0) is 6.42 Å². The minimum Gasteiger partial charge on any atom is -0.384 e. The summed E-state index contributed by atoms with van der Waals surface area (Å²) < 4.78 is 1.15. The average Bonchev–Trinajstić information content (AvgIpc) is 2.46. The molecule has 0 radical (unpaired) electrons. The van der Waals surface area contributed by atoms with Crippen molar-refractivity contribution < 1.29 is 0 Å². The van der Waals surface area contributed by atoms with Crippen LogP contribution >= 0.6 is 27.7 Å². The van der Waals surface area contributed by atoms with E-state index in [-0.39, 0.29) is 0 Å². The number of halogens is 1. The van der Waals surface area contributed by atoms with Gasteiger partial charge in [-0.3, -0.25) is 0 Å². The Kier molecular flexibility index (Phi) is 5.80.